The molecule has 0 amide bonds. The molecule has 134 valence electrons. The van der Waals surface area contributed by atoms with Crippen LogP contribution in [0.3, 0.4) is 0 Å². The van der Waals surface area contributed by atoms with Crippen molar-refractivity contribution < 1.29 is 4.74 Å². The first-order valence-corrected chi connectivity index (χ1v) is 9.69. The summed E-state index contributed by atoms with van der Waals surface area (Å²) in [5.74, 6) is 1.83. The highest BCUT2D eigenvalue weighted by Gasteiger charge is 2.25. The standard InChI is InChI=1S/C18H24BrN5O/c1-10(2)18-23-16(19)15-17(20)21-7-14(24(15)18)11-3-5-12(6-4-11)22-13-8-25-9-13/h3,7,10,12-13,22H,4-6,8-9H2,1-2H3,(H2,20,21). The lowest BCUT2D eigenvalue weighted by Crippen LogP contribution is -2.50. The summed E-state index contributed by atoms with van der Waals surface area (Å²) in [4.78, 5) is 9.10. The van der Waals surface area contributed by atoms with E-state index in [1.807, 2.05) is 6.20 Å². The molecule has 1 atom stereocenters. The lowest BCUT2D eigenvalue weighted by Gasteiger charge is -2.33. The molecule has 25 heavy (non-hydrogen) atoms. The van der Waals surface area contributed by atoms with Crippen LogP contribution < -0.4 is 11.1 Å². The summed E-state index contributed by atoms with van der Waals surface area (Å²) in [5, 5.41) is 3.68. The van der Waals surface area contributed by atoms with Gasteiger partial charge in [0.25, 0.3) is 0 Å². The SMILES string of the molecule is CC(C)c1nc(Br)c2c(N)ncc(C3=CCC(NC4COC4)CC3)n12. The molecular formula is C18H24BrN5O. The van der Waals surface area contributed by atoms with Crippen LogP contribution in [0.25, 0.3) is 11.1 Å². The largest absolute Gasteiger partial charge is 0.382 e. The number of halogens is 1. The van der Waals surface area contributed by atoms with Gasteiger partial charge in [0.1, 0.15) is 15.9 Å². The van der Waals surface area contributed by atoms with Crippen molar-refractivity contribution in [2.24, 2.45) is 0 Å². The molecule has 2 aliphatic rings. The number of rotatable bonds is 4. The number of nitrogen functional groups attached to an aromatic ring is 1. The average molecular weight is 406 g/mol. The Morgan fingerprint density at radius 1 is 1.36 bits per heavy atom. The zero-order chi connectivity index (χ0) is 17.6. The lowest BCUT2D eigenvalue weighted by atomic mass is 9.92. The second kappa shape index (κ2) is 6.70. The number of ether oxygens (including phenoxy) is 1. The lowest BCUT2D eigenvalue weighted by molar-refractivity contribution is -0.0103. The minimum atomic E-state index is 0.302. The van der Waals surface area contributed by atoms with E-state index in [0.29, 0.717) is 23.8 Å². The summed E-state index contributed by atoms with van der Waals surface area (Å²) in [5.41, 5.74) is 9.43. The van der Waals surface area contributed by atoms with E-state index >= 15 is 0 Å². The molecular weight excluding hydrogens is 382 g/mol. The molecule has 1 saturated heterocycles. The van der Waals surface area contributed by atoms with Gasteiger partial charge in [0, 0.05) is 12.0 Å². The van der Waals surface area contributed by atoms with Gasteiger partial charge in [0.2, 0.25) is 0 Å². The van der Waals surface area contributed by atoms with E-state index in [-0.39, 0.29) is 0 Å². The summed E-state index contributed by atoms with van der Waals surface area (Å²) < 4.78 is 8.20. The Kier molecular flexibility index (Phi) is 4.56. The normalized spacial score (nSPS) is 21.6. The van der Waals surface area contributed by atoms with Gasteiger partial charge < -0.3 is 15.8 Å². The number of imidazole rings is 1. The van der Waals surface area contributed by atoms with Gasteiger partial charge in [-0.1, -0.05) is 19.9 Å². The maximum absolute atomic E-state index is 6.12. The Labute approximate surface area is 156 Å². The molecule has 1 aliphatic heterocycles. The number of hydrogen-bond acceptors (Lipinski definition) is 5. The van der Waals surface area contributed by atoms with Crippen LogP contribution in [0.2, 0.25) is 0 Å². The van der Waals surface area contributed by atoms with Crippen molar-refractivity contribution in [2.75, 3.05) is 18.9 Å². The molecule has 0 spiro atoms. The fourth-order valence-corrected chi connectivity index (χ4v) is 4.18. The number of nitrogens with one attached hydrogen (secondary N) is 1. The molecule has 0 radical (unpaired) electrons. The van der Waals surface area contributed by atoms with Crippen molar-refractivity contribution in [2.45, 2.75) is 51.1 Å². The Balaban J connectivity index is 1.68. The topological polar surface area (TPSA) is 77.5 Å². The maximum atomic E-state index is 6.12. The van der Waals surface area contributed by atoms with Crippen LogP contribution in [0.5, 0.6) is 0 Å². The van der Waals surface area contributed by atoms with E-state index < -0.39 is 0 Å². The van der Waals surface area contributed by atoms with Crippen LogP contribution in [-0.4, -0.2) is 39.7 Å². The van der Waals surface area contributed by atoms with Gasteiger partial charge in [-0.2, -0.15) is 0 Å². The van der Waals surface area contributed by atoms with E-state index in [1.165, 1.54) is 5.57 Å². The van der Waals surface area contributed by atoms with Gasteiger partial charge in [-0.15, -0.1) is 0 Å². The fraction of sp³-hybridized carbons (Fsp3) is 0.556. The molecule has 4 rings (SSSR count). The summed E-state index contributed by atoms with van der Waals surface area (Å²) in [6.07, 6.45) is 7.41. The second-order valence-corrected chi connectivity index (χ2v) is 7.98. The molecule has 3 N–H and O–H groups in total. The molecule has 2 aromatic rings. The molecule has 7 heteroatoms. The minimum Gasteiger partial charge on any atom is -0.382 e. The highest BCUT2D eigenvalue weighted by Crippen LogP contribution is 2.33. The van der Waals surface area contributed by atoms with Crippen LogP contribution in [0.1, 0.15) is 50.5 Å². The van der Waals surface area contributed by atoms with Gasteiger partial charge in [-0.05, 0) is 40.8 Å². The molecule has 1 unspecified atom stereocenters. The van der Waals surface area contributed by atoms with E-state index in [4.69, 9.17) is 10.5 Å². The van der Waals surface area contributed by atoms with E-state index in [1.54, 1.807) is 0 Å². The van der Waals surface area contributed by atoms with Crippen LogP contribution in [0.4, 0.5) is 5.82 Å². The first kappa shape index (κ1) is 17.0. The van der Waals surface area contributed by atoms with E-state index in [2.05, 4.69) is 55.5 Å². The number of anilines is 1. The Bertz CT molecular complexity index is 824. The zero-order valence-electron chi connectivity index (χ0n) is 14.6. The number of hydrogen-bond donors (Lipinski definition) is 2. The molecule has 3 heterocycles. The van der Waals surface area contributed by atoms with Gasteiger partial charge in [-0.25, -0.2) is 9.97 Å². The Hall–Kier alpha value is -1.44. The van der Waals surface area contributed by atoms with Gasteiger partial charge >= 0.3 is 0 Å². The number of allylic oxidation sites excluding steroid dienone is 1. The highest BCUT2D eigenvalue weighted by molar-refractivity contribution is 9.10. The summed E-state index contributed by atoms with van der Waals surface area (Å²) in [7, 11) is 0. The maximum Gasteiger partial charge on any atom is 0.150 e. The van der Waals surface area contributed by atoms with Crippen LogP contribution >= 0.6 is 15.9 Å². The monoisotopic (exact) mass is 405 g/mol. The zero-order valence-corrected chi connectivity index (χ0v) is 16.2. The minimum absolute atomic E-state index is 0.302. The molecule has 6 nitrogen and oxygen atoms in total. The van der Waals surface area contributed by atoms with Crippen LogP contribution in [0.15, 0.2) is 16.9 Å². The number of nitrogens with zero attached hydrogens (tertiary/aromatic N) is 3. The third kappa shape index (κ3) is 3.09. The van der Waals surface area contributed by atoms with Crippen molar-refractivity contribution in [3.8, 4) is 0 Å². The predicted molar refractivity (Wildman–Crippen MR) is 103 cm³/mol. The van der Waals surface area contributed by atoms with E-state index in [9.17, 15) is 0 Å². The van der Waals surface area contributed by atoms with Crippen LogP contribution in [0, 0.1) is 0 Å². The van der Waals surface area contributed by atoms with E-state index in [0.717, 1.165) is 54.1 Å². The average Bonchev–Trinajstić information content (AvgIpc) is 2.91. The number of fused-ring (bicyclic) bond motifs is 1. The van der Waals surface area contributed by atoms with Crippen molar-refractivity contribution in [3.05, 3.63) is 28.4 Å². The second-order valence-electron chi connectivity index (χ2n) is 7.23. The number of aromatic nitrogens is 3. The molecule has 0 saturated carbocycles. The third-order valence-electron chi connectivity index (χ3n) is 5.04. The molecule has 2 aromatic heterocycles. The molecule has 1 fully saturated rings. The highest BCUT2D eigenvalue weighted by atomic mass is 79.9. The van der Waals surface area contributed by atoms with Gasteiger partial charge in [-0.3, -0.25) is 4.40 Å². The number of nitrogens with two attached hydrogens (primary N) is 1. The first-order valence-electron chi connectivity index (χ1n) is 8.90. The Morgan fingerprint density at radius 3 is 2.76 bits per heavy atom. The van der Waals surface area contributed by atoms with Crippen LogP contribution in [-0.2, 0) is 4.74 Å². The summed E-state index contributed by atoms with van der Waals surface area (Å²) in [6, 6.07) is 1.07. The van der Waals surface area contributed by atoms with Crippen molar-refractivity contribution in [1.82, 2.24) is 19.7 Å². The molecule has 0 bridgehead atoms. The van der Waals surface area contributed by atoms with Gasteiger partial charge in [0.15, 0.2) is 5.82 Å². The van der Waals surface area contributed by atoms with Crippen molar-refractivity contribution in [3.63, 3.8) is 0 Å². The molecule has 0 aromatic carbocycles. The third-order valence-corrected chi connectivity index (χ3v) is 5.59. The van der Waals surface area contributed by atoms with Gasteiger partial charge in [0.05, 0.1) is 31.1 Å². The Morgan fingerprint density at radius 2 is 2.16 bits per heavy atom. The molecule has 1 aliphatic carbocycles. The first-order chi connectivity index (χ1) is 12.0. The summed E-state index contributed by atoms with van der Waals surface area (Å²) in [6.45, 7) is 5.99. The predicted octanol–water partition coefficient (Wildman–Crippen LogP) is 3.12. The quantitative estimate of drug-likeness (QED) is 0.816. The van der Waals surface area contributed by atoms with Crippen molar-refractivity contribution in [1.29, 1.82) is 0 Å². The smallest absolute Gasteiger partial charge is 0.150 e. The fourth-order valence-electron chi connectivity index (χ4n) is 3.62. The summed E-state index contributed by atoms with van der Waals surface area (Å²) >= 11 is 3.55. The van der Waals surface area contributed by atoms with Crippen molar-refractivity contribution >= 4 is 32.8 Å².